The number of carbonyl (C=O) groups excluding carboxylic acids is 1. The summed E-state index contributed by atoms with van der Waals surface area (Å²) in [6, 6.07) is -1.05. The second kappa shape index (κ2) is 7.91. The zero-order chi connectivity index (χ0) is 14.2. The number of hydrogen-bond donors (Lipinski definition) is 3. The smallest absolute Gasteiger partial charge is 0.401 e. The van der Waals surface area contributed by atoms with E-state index in [-0.39, 0.29) is 6.42 Å². The maximum Gasteiger partial charge on any atom is 0.401 e. The Hall–Kier alpha value is -1.31. The molecule has 0 fully saturated rings. The van der Waals surface area contributed by atoms with Crippen molar-refractivity contribution in [2.24, 2.45) is 0 Å². The standard InChI is InChI=1S/C10H17F3N2O3/c1-2-3-4-7(9(17)18)15-8(16)5-14-6-10(11,12)13/h7,14H,2-6H2,1H3,(H,15,16)(H,17,18)/t7-/m0/s1. The molecule has 0 aromatic heterocycles. The predicted molar refractivity (Wildman–Crippen MR) is 58.0 cm³/mol. The van der Waals surface area contributed by atoms with Crippen LogP contribution in [-0.4, -0.2) is 42.3 Å². The van der Waals surface area contributed by atoms with Crippen molar-refractivity contribution in [1.82, 2.24) is 10.6 Å². The van der Waals surface area contributed by atoms with E-state index in [9.17, 15) is 22.8 Å². The number of aliphatic carboxylic acids is 1. The van der Waals surface area contributed by atoms with Crippen LogP contribution < -0.4 is 10.6 Å². The number of carboxylic acid groups (broad SMARTS) is 1. The van der Waals surface area contributed by atoms with E-state index >= 15 is 0 Å². The average Bonchev–Trinajstić information content (AvgIpc) is 2.21. The Kier molecular flexibility index (Phi) is 7.33. The SMILES string of the molecule is CCCC[C@H](NC(=O)CNCC(F)(F)F)C(=O)O. The Morgan fingerprint density at radius 2 is 1.94 bits per heavy atom. The maximum absolute atomic E-state index is 11.8. The molecule has 106 valence electrons. The van der Waals surface area contributed by atoms with E-state index in [1.54, 1.807) is 0 Å². The highest BCUT2D eigenvalue weighted by Gasteiger charge is 2.27. The van der Waals surface area contributed by atoms with E-state index in [2.05, 4.69) is 5.32 Å². The molecule has 0 aliphatic carbocycles. The van der Waals surface area contributed by atoms with Gasteiger partial charge in [-0.3, -0.25) is 4.79 Å². The lowest BCUT2D eigenvalue weighted by atomic mass is 10.1. The van der Waals surface area contributed by atoms with E-state index in [1.807, 2.05) is 12.2 Å². The van der Waals surface area contributed by atoms with Gasteiger partial charge >= 0.3 is 12.1 Å². The normalized spacial score (nSPS) is 13.1. The van der Waals surface area contributed by atoms with Crippen molar-refractivity contribution in [1.29, 1.82) is 0 Å². The van der Waals surface area contributed by atoms with Crippen LogP contribution in [0.15, 0.2) is 0 Å². The van der Waals surface area contributed by atoms with E-state index in [4.69, 9.17) is 5.11 Å². The molecule has 0 radical (unpaired) electrons. The van der Waals surface area contributed by atoms with Gasteiger partial charge in [-0.05, 0) is 6.42 Å². The summed E-state index contributed by atoms with van der Waals surface area (Å²) in [5, 5.41) is 12.9. The Bertz CT molecular complexity index is 282. The summed E-state index contributed by atoms with van der Waals surface area (Å²) in [6.45, 7) is 0.0220. The minimum atomic E-state index is -4.39. The zero-order valence-electron chi connectivity index (χ0n) is 10.0. The quantitative estimate of drug-likeness (QED) is 0.612. The van der Waals surface area contributed by atoms with Gasteiger partial charge < -0.3 is 15.7 Å². The third-order valence-corrected chi connectivity index (χ3v) is 2.09. The van der Waals surface area contributed by atoms with Crippen LogP contribution in [0.4, 0.5) is 13.2 Å². The van der Waals surface area contributed by atoms with Crippen molar-refractivity contribution in [3.05, 3.63) is 0 Å². The molecular weight excluding hydrogens is 253 g/mol. The molecular formula is C10H17F3N2O3. The molecule has 18 heavy (non-hydrogen) atoms. The highest BCUT2D eigenvalue weighted by Crippen LogP contribution is 2.11. The third-order valence-electron chi connectivity index (χ3n) is 2.09. The molecule has 8 heteroatoms. The number of rotatable bonds is 8. The van der Waals surface area contributed by atoms with Gasteiger partial charge in [0.15, 0.2) is 0 Å². The van der Waals surface area contributed by atoms with E-state index in [1.165, 1.54) is 0 Å². The molecule has 0 aromatic rings. The molecule has 0 aliphatic heterocycles. The first kappa shape index (κ1) is 16.7. The van der Waals surface area contributed by atoms with Gasteiger partial charge in [-0.15, -0.1) is 0 Å². The number of hydrogen-bond acceptors (Lipinski definition) is 3. The molecule has 5 nitrogen and oxygen atoms in total. The Balaban J connectivity index is 3.99. The molecule has 0 spiro atoms. The second-order valence-electron chi connectivity index (χ2n) is 3.82. The number of unbranched alkanes of at least 4 members (excludes halogenated alkanes) is 1. The van der Waals surface area contributed by atoms with Crippen LogP contribution >= 0.6 is 0 Å². The lowest BCUT2D eigenvalue weighted by Gasteiger charge is -2.14. The van der Waals surface area contributed by atoms with Crippen LogP contribution in [0.5, 0.6) is 0 Å². The van der Waals surface area contributed by atoms with Crippen LogP contribution in [0.25, 0.3) is 0 Å². The van der Waals surface area contributed by atoms with Gasteiger partial charge in [-0.1, -0.05) is 19.8 Å². The van der Waals surface area contributed by atoms with Crippen molar-refractivity contribution >= 4 is 11.9 Å². The molecule has 0 bridgehead atoms. The summed E-state index contributed by atoms with van der Waals surface area (Å²) in [6.07, 6.45) is -2.75. The largest absolute Gasteiger partial charge is 0.480 e. The minimum Gasteiger partial charge on any atom is -0.480 e. The summed E-state index contributed by atoms with van der Waals surface area (Å²) < 4.78 is 35.3. The predicted octanol–water partition coefficient (Wildman–Crippen LogP) is 0.898. The second-order valence-corrected chi connectivity index (χ2v) is 3.82. The molecule has 0 aliphatic rings. The fourth-order valence-corrected chi connectivity index (χ4v) is 1.23. The topological polar surface area (TPSA) is 78.4 Å². The van der Waals surface area contributed by atoms with Gasteiger partial charge in [0.2, 0.25) is 5.91 Å². The lowest BCUT2D eigenvalue weighted by Crippen LogP contribution is -2.45. The number of nitrogens with one attached hydrogen (secondary N) is 2. The average molecular weight is 270 g/mol. The molecule has 0 saturated heterocycles. The van der Waals surface area contributed by atoms with Crippen LogP contribution in [0.2, 0.25) is 0 Å². The molecule has 0 unspecified atom stereocenters. The number of halogens is 3. The van der Waals surface area contributed by atoms with Crippen molar-refractivity contribution < 1.29 is 27.9 Å². The lowest BCUT2D eigenvalue weighted by molar-refractivity contribution is -0.142. The van der Waals surface area contributed by atoms with E-state index < -0.39 is 37.2 Å². The third kappa shape index (κ3) is 8.80. The Morgan fingerprint density at radius 3 is 2.39 bits per heavy atom. The van der Waals surface area contributed by atoms with E-state index in [0.717, 1.165) is 6.42 Å². The molecule has 1 atom stereocenters. The summed E-state index contributed by atoms with van der Waals surface area (Å²) in [5.41, 5.74) is 0. The van der Waals surface area contributed by atoms with Crippen molar-refractivity contribution in [3.63, 3.8) is 0 Å². The monoisotopic (exact) mass is 270 g/mol. The Morgan fingerprint density at radius 1 is 1.33 bits per heavy atom. The van der Waals surface area contributed by atoms with Gasteiger partial charge in [-0.25, -0.2) is 4.79 Å². The van der Waals surface area contributed by atoms with Gasteiger partial charge in [0, 0.05) is 0 Å². The molecule has 0 heterocycles. The van der Waals surface area contributed by atoms with Crippen molar-refractivity contribution in [3.8, 4) is 0 Å². The van der Waals surface area contributed by atoms with Gasteiger partial charge in [-0.2, -0.15) is 13.2 Å². The molecule has 1 amide bonds. The fraction of sp³-hybridized carbons (Fsp3) is 0.800. The highest BCUT2D eigenvalue weighted by molar-refractivity contribution is 5.84. The Labute approximate surface area is 103 Å². The van der Waals surface area contributed by atoms with Crippen molar-refractivity contribution in [2.75, 3.05) is 13.1 Å². The summed E-state index contributed by atoms with van der Waals surface area (Å²) >= 11 is 0. The summed E-state index contributed by atoms with van der Waals surface area (Å²) in [7, 11) is 0. The van der Waals surface area contributed by atoms with Gasteiger partial charge in [0.25, 0.3) is 0 Å². The number of alkyl halides is 3. The first-order chi connectivity index (χ1) is 8.26. The molecule has 0 saturated carbocycles. The van der Waals surface area contributed by atoms with Crippen LogP contribution in [0, 0.1) is 0 Å². The van der Waals surface area contributed by atoms with Gasteiger partial charge in [0.1, 0.15) is 6.04 Å². The van der Waals surface area contributed by atoms with Gasteiger partial charge in [0.05, 0.1) is 13.1 Å². The van der Waals surface area contributed by atoms with Crippen LogP contribution in [0.3, 0.4) is 0 Å². The molecule has 0 rings (SSSR count). The number of carbonyl (C=O) groups is 2. The first-order valence-electron chi connectivity index (χ1n) is 5.56. The fourth-order valence-electron chi connectivity index (χ4n) is 1.23. The highest BCUT2D eigenvalue weighted by atomic mass is 19.4. The maximum atomic E-state index is 11.8. The summed E-state index contributed by atoms with van der Waals surface area (Å²) in [5.74, 6) is -1.95. The molecule has 0 aromatic carbocycles. The minimum absolute atomic E-state index is 0.261. The zero-order valence-corrected chi connectivity index (χ0v) is 10.0. The van der Waals surface area contributed by atoms with Crippen molar-refractivity contribution in [2.45, 2.75) is 38.4 Å². The van der Waals surface area contributed by atoms with Crippen LogP contribution in [0.1, 0.15) is 26.2 Å². The molecule has 3 N–H and O–H groups in total. The summed E-state index contributed by atoms with van der Waals surface area (Å²) in [4.78, 5) is 22.0. The number of carboxylic acids is 1. The first-order valence-corrected chi connectivity index (χ1v) is 5.56. The van der Waals surface area contributed by atoms with E-state index in [0.29, 0.717) is 6.42 Å². The number of amides is 1. The van der Waals surface area contributed by atoms with Crippen LogP contribution in [-0.2, 0) is 9.59 Å².